The summed E-state index contributed by atoms with van der Waals surface area (Å²) in [6.45, 7) is 7.43. The molecule has 0 bridgehead atoms. The van der Waals surface area contributed by atoms with Gasteiger partial charge in [0.15, 0.2) is 6.23 Å². The lowest BCUT2D eigenvalue weighted by Gasteiger charge is -2.09. The van der Waals surface area contributed by atoms with Gasteiger partial charge in [-0.2, -0.15) is 0 Å². The second-order valence-corrected chi connectivity index (χ2v) is 5.65. The van der Waals surface area contributed by atoms with Crippen molar-refractivity contribution in [1.82, 2.24) is 0 Å². The highest BCUT2D eigenvalue weighted by molar-refractivity contribution is 6.30. The number of aldehydes is 1. The van der Waals surface area contributed by atoms with E-state index in [0.717, 1.165) is 6.29 Å². The van der Waals surface area contributed by atoms with Crippen molar-refractivity contribution in [1.29, 1.82) is 0 Å². The van der Waals surface area contributed by atoms with Crippen LogP contribution in [0.5, 0.6) is 5.75 Å². The van der Waals surface area contributed by atoms with Crippen molar-refractivity contribution in [3.05, 3.63) is 29.3 Å². The highest BCUT2D eigenvalue weighted by Gasteiger charge is 2.04. The van der Waals surface area contributed by atoms with Crippen LogP contribution in [0, 0.1) is 5.41 Å². The SMILES string of the molecule is CC(/N=C/N=CN)Oc1ccc(Cl)cc1.CC(C)(C)C=O. The van der Waals surface area contributed by atoms with Crippen molar-refractivity contribution in [2.24, 2.45) is 21.1 Å². The number of rotatable bonds is 4. The first-order chi connectivity index (χ1) is 9.78. The Bertz CT molecular complexity index is 465. The predicted molar refractivity (Wildman–Crippen MR) is 88.2 cm³/mol. The summed E-state index contributed by atoms with van der Waals surface area (Å²) in [5.74, 6) is 0.709. The van der Waals surface area contributed by atoms with Crippen LogP contribution in [-0.4, -0.2) is 25.2 Å². The molecule has 6 heteroatoms. The zero-order chi connectivity index (χ0) is 16.3. The largest absolute Gasteiger partial charge is 0.469 e. The molecule has 21 heavy (non-hydrogen) atoms. The van der Waals surface area contributed by atoms with Crippen LogP contribution < -0.4 is 10.5 Å². The van der Waals surface area contributed by atoms with E-state index in [0.29, 0.717) is 10.8 Å². The monoisotopic (exact) mass is 311 g/mol. The van der Waals surface area contributed by atoms with Crippen molar-refractivity contribution in [2.75, 3.05) is 0 Å². The zero-order valence-electron chi connectivity index (χ0n) is 12.8. The third kappa shape index (κ3) is 11.6. The number of hydrogen-bond acceptors (Lipinski definition) is 3. The van der Waals surface area contributed by atoms with Gasteiger partial charge in [0.2, 0.25) is 0 Å². The molecule has 1 unspecified atom stereocenters. The molecule has 2 N–H and O–H groups in total. The summed E-state index contributed by atoms with van der Waals surface area (Å²) in [4.78, 5) is 17.4. The molecule has 0 radical (unpaired) electrons. The molecule has 116 valence electrons. The first-order valence-corrected chi connectivity index (χ1v) is 6.80. The van der Waals surface area contributed by atoms with Gasteiger partial charge in [-0.25, -0.2) is 9.98 Å². The maximum absolute atomic E-state index is 9.83. The summed E-state index contributed by atoms with van der Waals surface area (Å²) in [6, 6.07) is 7.07. The molecular weight excluding hydrogens is 290 g/mol. The molecule has 0 saturated carbocycles. The van der Waals surface area contributed by atoms with E-state index in [2.05, 4.69) is 9.98 Å². The van der Waals surface area contributed by atoms with Crippen LogP contribution in [0.15, 0.2) is 34.3 Å². The predicted octanol–water partition coefficient (Wildman–Crippen LogP) is 3.31. The Hall–Kier alpha value is -1.88. The fraction of sp³-hybridized carbons (Fsp3) is 0.400. The third-order valence-corrected chi connectivity index (χ3v) is 2.16. The minimum Gasteiger partial charge on any atom is -0.469 e. The van der Waals surface area contributed by atoms with Crippen LogP contribution in [0.3, 0.4) is 0 Å². The van der Waals surface area contributed by atoms with Crippen LogP contribution in [0.1, 0.15) is 27.7 Å². The van der Waals surface area contributed by atoms with Gasteiger partial charge in [0, 0.05) is 10.4 Å². The molecule has 0 aliphatic carbocycles. The first-order valence-electron chi connectivity index (χ1n) is 6.42. The van der Waals surface area contributed by atoms with Gasteiger partial charge in [-0.05, 0) is 31.2 Å². The molecule has 0 saturated heterocycles. The maximum Gasteiger partial charge on any atom is 0.188 e. The van der Waals surface area contributed by atoms with Gasteiger partial charge < -0.3 is 15.3 Å². The number of benzene rings is 1. The fourth-order valence-corrected chi connectivity index (χ4v) is 1.04. The van der Waals surface area contributed by atoms with Crippen molar-refractivity contribution in [2.45, 2.75) is 33.9 Å². The molecule has 0 spiro atoms. The summed E-state index contributed by atoms with van der Waals surface area (Å²) < 4.78 is 5.44. The molecule has 5 nitrogen and oxygen atoms in total. The average Bonchev–Trinajstić information content (AvgIpc) is 2.42. The lowest BCUT2D eigenvalue weighted by Crippen LogP contribution is -2.08. The molecule has 1 aromatic carbocycles. The second-order valence-electron chi connectivity index (χ2n) is 5.22. The van der Waals surface area contributed by atoms with E-state index in [-0.39, 0.29) is 11.6 Å². The number of carbonyl (C=O) groups is 1. The van der Waals surface area contributed by atoms with Crippen molar-refractivity contribution >= 4 is 30.6 Å². The van der Waals surface area contributed by atoms with Gasteiger partial charge in [-0.3, -0.25) is 0 Å². The standard InChI is InChI=1S/C10H12ClN3O.C5H10O/c1-8(14-7-13-6-12)15-10-4-2-9(11)3-5-10;1-5(2,3)4-6/h2-8H,1H3,(H2,12,13,14);4H,1-3H3. The van der Waals surface area contributed by atoms with E-state index < -0.39 is 0 Å². The maximum atomic E-state index is 9.83. The van der Waals surface area contributed by atoms with Crippen LogP contribution in [0.2, 0.25) is 5.02 Å². The first kappa shape index (κ1) is 19.1. The molecule has 1 rings (SSSR count). The highest BCUT2D eigenvalue weighted by atomic mass is 35.5. The minimum atomic E-state index is -0.310. The number of nitrogens with two attached hydrogens (primary N) is 1. The topological polar surface area (TPSA) is 77.0 Å². The number of nitrogens with zero attached hydrogens (tertiary/aromatic N) is 2. The normalized spacial score (nSPS) is 12.8. The smallest absolute Gasteiger partial charge is 0.188 e. The van der Waals surface area contributed by atoms with E-state index in [9.17, 15) is 4.79 Å². The zero-order valence-corrected chi connectivity index (χ0v) is 13.5. The molecule has 0 fully saturated rings. The minimum absolute atomic E-state index is 0.139. The average molecular weight is 312 g/mol. The summed E-state index contributed by atoms with van der Waals surface area (Å²) in [7, 11) is 0. The van der Waals surface area contributed by atoms with E-state index in [4.69, 9.17) is 22.1 Å². The summed E-state index contributed by atoms with van der Waals surface area (Å²) in [6.07, 6.45) is 3.14. The van der Waals surface area contributed by atoms with Crippen LogP contribution in [0.4, 0.5) is 0 Å². The molecule has 0 aliphatic rings. The Balaban J connectivity index is 0.000000567. The lowest BCUT2D eigenvalue weighted by atomic mass is 10.0. The fourth-order valence-electron chi connectivity index (χ4n) is 0.911. The van der Waals surface area contributed by atoms with Gasteiger partial charge >= 0.3 is 0 Å². The molecule has 0 heterocycles. The van der Waals surface area contributed by atoms with Crippen LogP contribution in [-0.2, 0) is 4.79 Å². The number of halogens is 1. The molecule has 1 aromatic rings. The quantitative estimate of drug-likeness (QED) is 0.526. The summed E-state index contributed by atoms with van der Waals surface area (Å²) in [5.41, 5.74) is 4.91. The third-order valence-electron chi connectivity index (χ3n) is 1.90. The van der Waals surface area contributed by atoms with Gasteiger partial charge in [0.25, 0.3) is 0 Å². The lowest BCUT2D eigenvalue weighted by molar-refractivity contribution is -0.113. The molecule has 0 aromatic heterocycles. The van der Waals surface area contributed by atoms with Crippen LogP contribution in [0.25, 0.3) is 0 Å². The Labute approximate surface area is 130 Å². The van der Waals surface area contributed by atoms with E-state index in [1.165, 1.54) is 12.7 Å². The molecule has 0 aliphatic heterocycles. The molecule has 1 atom stereocenters. The van der Waals surface area contributed by atoms with E-state index in [1.54, 1.807) is 31.2 Å². The Morgan fingerprint density at radius 1 is 1.29 bits per heavy atom. The Morgan fingerprint density at radius 3 is 2.24 bits per heavy atom. The van der Waals surface area contributed by atoms with E-state index in [1.807, 2.05) is 20.8 Å². The Morgan fingerprint density at radius 2 is 1.81 bits per heavy atom. The number of aliphatic imine (C=N–C) groups is 2. The summed E-state index contributed by atoms with van der Waals surface area (Å²) >= 11 is 5.73. The van der Waals surface area contributed by atoms with Gasteiger partial charge in [0.05, 0.1) is 6.34 Å². The summed E-state index contributed by atoms with van der Waals surface area (Å²) in [5, 5.41) is 0.672. The van der Waals surface area contributed by atoms with Crippen molar-refractivity contribution < 1.29 is 9.53 Å². The number of ether oxygens (including phenoxy) is 1. The van der Waals surface area contributed by atoms with E-state index >= 15 is 0 Å². The van der Waals surface area contributed by atoms with Gasteiger partial charge in [0.1, 0.15) is 18.4 Å². The number of hydrogen-bond donors (Lipinski definition) is 1. The van der Waals surface area contributed by atoms with Gasteiger partial charge in [-0.1, -0.05) is 32.4 Å². The van der Waals surface area contributed by atoms with Crippen molar-refractivity contribution in [3.8, 4) is 5.75 Å². The molecular formula is C15H22ClN3O2. The van der Waals surface area contributed by atoms with Crippen molar-refractivity contribution in [3.63, 3.8) is 0 Å². The van der Waals surface area contributed by atoms with Crippen LogP contribution >= 0.6 is 11.6 Å². The second kappa shape index (κ2) is 9.94. The molecule has 0 amide bonds. The van der Waals surface area contributed by atoms with Gasteiger partial charge in [-0.15, -0.1) is 0 Å². The Kier molecular flexibility index (Phi) is 9.05. The highest BCUT2D eigenvalue weighted by Crippen LogP contribution is 2.16. The number of carbonyl (C=O) groups excluding carboxylic acids is 1.